The van der Waals surface area contributed by atoms with Crippen molar-refractivity contribution in [2.24, 2.45) is 11.7 Å². The van der Waals surface area contributed by atoms with Gasteiger partial charge in [0, 0.05) is 17.5 Å². The Morgan fingerprint density at radius 1 is 1.14 bits per heavy atom. The van der Waals surface area contributed by atoms with Crippen molar-refractivity contribution < 1.29 is 23.1 Å². The fourth-order valence-electron chi connectivity index (χ4n) is 4.33. The van der Waals surface area contributed by atoms with E-state index in [0.29, 0.717) is 19.3 Å². The maximum absolute atomic E-state index is 12.9. The van der Waals surface area contributed by atoms with Gasteiger partial charge in [0.2, 0.25) is 5.91 Å². The van der Waals surface area contributed by atoms with Gasteiger partial charge in [0.15, 0.2) is 5.60 Å². The predicted molar refractivity (Wildman–Crippen MR) is 73.9 cm³/mol. The van der Waals surface area contributed by atoms with E-state index in [1.807, 2.05) is 0 Å². The lowest BCUT2D eigenvalue weighted by atomic mass is 9.78. The van der Waals surface area contributed by atoms with Gasteiger partial charge in [0.1, 0.15) is 0 Å². The Morgan fingerprint density at radius 2 is 1.73 bits per heavy atom. The van der Waals surface area contributed by atoms with Crippen LogP contribution in [0.3, 0.4) is 0 Å². The van der Waals surface area contributed by atoms with Crippen LogP contribution in [0.4, 0.5) is 13.2 Å². The highest BCUT2D eigenvalue weighted by atomic mass is 19.4. The minimum absolute atomic E-state index is 0.0176. The Kier molecular flexibility index (Phi) is 3.72. The van der Waals surface area contributed by atoms with Crippen molar-refractivity contribution in [2.45, 2.75) is 74.7 Å². The van der Waals surface area contributed by atoms with Gasteiger partial charge in [-0.05, 0) is 57.9 Å². The van der Waals surface area contributed by atoms with Crippen LogP contribution >= 0.6 is 0 Å². The average Bonchev–Trinajstić information content (AvgIpc) is 3.19. The SMILES string of the molecule is NC(=O)C1CCN(C2CCC(O)(C(F)(F)F)CC2)C2(CC2)C1. The summed E-state index contributed by atoms with van der Waals surface area (Å²) in [6, 6.07) is 0.0824. The molecule has 0 aromatic heterocycles. The van der Waals surface area contributed by atoms with Crippen LogP contribution in [0.15, 0.2) is 0 Å². The minimum Gasteiger partial charge on any atom is -0.380 e. The molecule has 1 spiro atoms. The molecule has 126 valence electrons. The lowest BCUT2D eigenvalue weighted by Crippen LogP contribution is -2.56. The summed E-state index contributed by atoms with van der Waals surface area (Å²) in [7, 11) is 0. The Labute approximate surface area is 127 Å². The molecule has 0 aromatic carbocycles. The molecule has 3 fully saturated rings. The molecule has 2 aliphatic carbocycles. The van der Waals surface area contributed by atoms with E-state index in [1.165, 1.54) is 0 Å². The van der Waals surface area contributed by atoms with Crippen molar-refractivity contribution in [1.29, 1.82) is 0 Å². The molecule has 22 heavy (non-hydrogen) atoms. The summed E-state index contributed by atoms with van der Waals surface area (Å²) < 4.78 is 38.7. The van der Waals surface area contributed by atoms with Crippen LogP contribution in [-0.4, -0.2) is 45.8 Å². The molecule has 4 nitrogen and oxygen atoms in total. The van der Waals surface area contributed by atoms with Crippen molar-refractivity contribution in [3.63, 3.8) is 0 Å². The van der Waals surface area contributed by atoms with Gasteiger partial charge in [-0.3, -0.25) is 9.69 Å². The molecule has 1 aliphatic heterocycles. The lowest BCUT2D eigenvalue weighted by Gasteiger charge is -2.48. The molecule has 1 unspecified atom stereocenters. The molecule has 7 heteroatoms. The van der Waals surface area contributed by atoms with Crippen molar-refractivity contribution in [1.82, 2.24) is 4.90 Å². The molecule has 1 saturated heterocycles. The maximum Gasteiger partial charge on any atom is 0.417 e. The average molecular weight is 320 g/mol. The first kappa shape index (κ1) is 16.1. The third-order valence-corrected chi connectivity index (χ3v) is 5.93. The Bertz CT molecular complexity index is 454. The van der Waals surface area contributed by atoms with Gasteiger partial charge in [0.05, 0.1) is 0 Å². The van der Waals surface area contributed by atoms with Gasteiger partial charge in [-0.15, -0.1) is 0 Å². The molecule has 3 aliphatic rings. The topological polar surface area (TPSA) is 66.6 Å². The molecule has 0 aromatic rings. The highest BCUT2D eigenvalue weighted by molar-refractivity contribution is 5.77. The third-order valence-electron chi connectivity index (χ3n) is 5.93. The van der Waals surface area contributed by atoms with Gasteiger partial charge < -0.3 is 10.8 Å². The monoisotopic (exact) mass is 320 g/mol. The molecule has 2 saturated carbocycles. The number of carbonyl (C=O) groups excluding carboxylic acids is 1. The van der Waals surface area contributed by atoms with Crippen LogP contribution in [0, 0.1) is 5.92 Å². The number of rotatable bonds is 2. The van der Waals surface area contributed by atoms with E-state index in [4.69, 9.17) is 5.73 Å². The largest absolute Gasteiger partial charge is 0.417 e. The number of piperidine rings is 1. The molecule has 0 radical (unpaired) electrons. The highest BCUT2D eigenvalue weighted by Gasteiger charge is 2.58. The summed E-state index contributed by atoms with van der Waals surface area (Å²) in [4.78, 5) is 13.7. The summed E-state index contributed by atoms with van der Waals surface area (Å²) in [5, 5.41) is 9.78. The first-order valence-electron chi connectivity index (χ1n) is 8.02. The first-order chi connectivity index (χ1) is 10.2. The second-order valence-corrected chi connectivity index (χ2v) is 7.27. The van der Waals surface area contributed by atoms with E-state index in [0.717, 1.165) is 25.8 Å². The predicted octanol–water partition coefficient (Wildman–Crippen LogP) is 1.95. The first-order valence-corrected chi connectivity index (χ1v) is 8.02. The summed E-state index contributed by atoms with van der Waals surface area (Å²) in [6.07, 6.45) is -0.862. The van der Waals surface area contributed by atoms with Gasteiger partial charge in [-0.1, -0.05) is 0 Å². The number of amides is 1. The smallest absolute Gasteiger partial charge is 0.380 e. The van der Waals surface area contributed by atoms with Gasteiger partial charge in [0.25, 0.3) is 0 Å². The fourth-order valence-corrected chi connectivity index (χ4v) is 4.33. The van der Waals surface area contributed by atoms with Crippen molar-refractivity contribution in [3.05, 3.63) is 0 Å². The fraction of sp³-hybridized carbons (Fsp3) is 0.933. The zero-order valence-corrected chi connectivity index (χ0v) is 12.5. The van der Waals surface area contributed by atoms with E-state index >= 15 is 0 Å². The maximum atomic E-state index is 12.9. The molecule has 3 rings (SSSR count). The summed E-state index contributed by atoms with van der Waals surface area (Å²) in [5.74, 6) is -0.365. The Hall–Kier alpha value is -0.820. The number of hydrogen-bond acceptors (Lipinski definition) is 3. The van der Waals surface area contributed by atoms with Crippen molar-refractivity contribution in [3.8, 4) is 0 Å². The summed E-state index contributed by atoms with van der Waals surface area (Å²) >= 11 is 0. The van der Waals surface area contributed by atoms with E-state index in [2.05, 4.69) is 4.90 Å². The lowest BCUT2D eigenvalue weighted by molar-refractivity contribution is -0.272. The molecular weight excluding hydrogens is 297 g/mol. The van der Waals surface area contributed by atoms with E-state index in [-0.39, 0.29) is 36.2 Å². The van der Waals surface area contributed by atoms with E-state index in [9.17, 15) is 23.1 Å². The van der Waals surface area contributed by atoms with Crippen LogP contribution in [-0.2, 0) is 4.79 Å². The number of nitrogens with two attached hydrogens (primary N) is 1. The van der Waals surface area contributed by atoms with E-state index in [1.54, 1.807) is 0 Å². The van der Waals surface area contributed by atoms with Crippen molar-refractivity contribution in [2.75, 3.05) is 6.54 Å². The van der Waals surface area contributed by atoms with Crippen LogP contribution in [0.2, 0.25) is 0 Å². The van der Waals surface area contributed by atoms with Crippen LogP contribution in [0.1, 0.15) is 51.4 Å². The molecular formula is C15H23F3N2O2. The Morgan fingerprint density at radius 3 is 2.18 bits per heavy atom. The second-order valence-electron chi connectivity index (χ2n) is 7.27. The molecule has 0 bridgehead atoms. The number of primary amides is 1. The zero-order chi connectivity index (χ0) is 16.2. The van der Waals surface area contributed by atoms with Crippen LogP contribution in [0.25, 0.3) is 0 Å². The molecule has 1 heterocycles. The minimum atomic E-state index is -4.55. The molecule has 1 amide bonds. The number of aliphatic hydroxyl groups is 1. The van der Waals surface area contributed by atoms with Crippen molar-refractivity contribution >= 4 is 5.91 Å². The number of likely N-dealkylation sites (tertiary alicyclic amines) is 1. The standard InChI is InChI=1S/C15H23F3N2O2/c16-15(17,18)14(22)4-1-11(2-5-14)20-8-3-10(12(19)21)9-13(20)6-7-13/h10-11,22H,1-9H2,(H2,19,21). The highest BCUT2D eigenvalue weighted by Crippen LogP contribution is 2.53. The summed E-state index contributed by atoms with van der Waals surface area (Å²) in [6.45, 7) is 0.725. The number of carbonyl (C=O) groups is 1. The van der Waals surface area contributed by atoms with Gasteiger partial charge in [-0.25, -0.2) is 0 Å². The van der Waals surface area contributed by atoms with Crippen LogP contribution in [0.5, 0.6) is 0 Å². The number of alkyl halides is 3. The number of nitrogens with zero attached hydrogens (tertiary/aromatic N) is 1. The normalized spacial score (nSPS) is 38.9. The molecule has 3 N–H and O–H groups in total. The van der Waals surface area contributed by atoms with Gasteiger partial charge >= 0.3 is 6.18 Å². The van der Waals surface area contributed by atoms with Gasteiger partial charge in [-0.2, -0.15) is 13.2 Å². The van der Waals surface area contributed by atoms with E-state index < -0.39 is 11.8 Å². The summed E-state index contributed by atoms with van der Waals surface area (Å²) in [5.41, 5.74) is 2.87. The molecule has 1 atom stereocenters. The number of hydrogen-bond donors (Lipinski definition) is 2. The quantitative estimate of drug-likeness (QED) is 0.817. The third kappa shape index (κ3) is 2.62. The second kappa shape index (κ2) is 5.09. The number of halogens is 3. The Balaban J connectivity index is 1.64. The zero-order valence-electron chi connectivity index (χ0n) is 12.5. The van der Waals surface area contributed by atoms with Crippen LogP contribution < -0.4 is 5.73 Å².